The highest BCUT2D eigenvalue weighted by molar-refractivity contribution is 6.29. The van der Waals surface area contributed by atoms with Gasteiger partial charge in [-0.25, -0.2) is 0 Å². The standard InChI is InChI=1S/3C38H24O/c1-3-13-25(14-4-1)27-21-11-23-33-37(27)38-32(22-12-24-34(38)39-33)36-30-19-9-7-17-28(30)35(26-15-5-2-6-16-26)29-18-8-10-20-31(29)36;1-3-12-25(13-4-1)27-22-23-34-33(24-27)38-32(20-11-21-35(38)39-34)37-30-18-9-7-16-28(30)36(26-14-5-2-6-15-26)29-17-8-10-19-31(29)37;1-3-11-25(12-4-1)27-19-21-29-34-23-28(20-22-35(34)39-36(29)24-27)38-32-17-9-7-15-30(32)37(26-13-5-2-6-14-26)31-16-8-10-18-33(31)38/h3*1-24H/i1D,2D,3D,4D,5D,6D,11D,12D,13D,14D,15D,16D,21D,22D,23D,24D;1D,2D,3D,4D,5D,6D,11D,12D,13D,14D,15D,20D,21D,22D,23D,24D;1D,2D,3D,4D,5D,6D,11D,12D,13D,14D,19D,20D,21D,22D,23D,24D. The molecule has 3 nitrogen and oxygen atoms in total. The van der Waals surface area contributed by atoms with Crippen molar-refractivity contribution < 1.29 is 79.0 Å². The molecule has 0 aliphatic carbocycles. The topological polar surface area (TPSA) is 39.4 Å². The molecular formula is C114H72O3. The van der Waals surface area contributed by atoms with Crippen LogP contribution in [-0.4, -0.2) is 0 Å². The van der Waals surface area contributed by atoms with Crippen molar-refractivity contribution >= 4 is 130 Å². The number of rotatable bonds is 9. The fourth-order valence-electron chi connectivity index (χ4n) is 15.5. The van der Waals surface area contributed by atoms with E-state index in [1.165, 1.54) is 0 Å². The molecule has 0 fully saturated rings. The van der Waals surface area contributed by atoms with Crippen molar-refractivity contribution in [1.82, 2.24) is 0 Å². The van der Waals surface area contributed by atoms with Gasteiger partial charge in [-0.3, -0.25) is 0 Å². The van der Waals surface area contributed by atoms with Gasteiger partial charge in [-0.1, -0.05) is 381 Å². The summed E-state index contributed by atoms with van der Waals surface area (Å²) in [6, 6.07) is 12.6. The summed E-state index contributed by atoms with van der Waals surface area (Å²) in [6.45, 7) is 0. The molecule has 0 radical (unpaired) electrons. The summed E-state index contributed by atoms with van der Waals surface area (Å²) >= 11 is 0. The van der Waals surface area contributed by atoms with Gasteiger partial charge in [0, 0.05) is 32.3 Å². The number of benzene rings is 21. The normalized spacial score (nSPS) is 17.3. The van der Waals surface area contributed by atoms with E-state index in [0.29, 0.717) is 92.5 Å². The SMILES string of the molecule is [2H]c1c([2H])c([2H])c(-c2c([2H])c([2H])c3c(oc4c([2H])c([2H])c(-c5c6ccccc6c(-c6c([2H])c([2H])c([2H])c([2H])c6[2H])c6ccccc56)c([2H])c43)c2[2H])c([2H])c1[2H].[2H]c1c([2H])c([2H])c(-c2c([2H])c([2H])c3oc4c([2H])c([2H])c([2H])c(-c5c6ccccc6c(-c6c([2H])c([2H])c([2H])c([2H])c6[2H])c6ccccc56)c4c3c2[2H])c([2H])c1[2H].[2H]c1c([2H])c([2H])c(-c2c3ccccc3c(-c3c([2H])c([2H])c([2H])c4oc5c([2H])c([2H])c([2H])c(-c6c([2H])c([2H])c([2H])c([2H])c6[2H])c5c34)c3ccccc23)c([2H])c1[2H]. The van der Waals surface area contributed by atoms with E-state index in [2.05, 4.69) is 0 Å². The Morgan fingerprint density at radius 1 is 0.145 bits per heavy atom. The van der Waals surface area contributed by atoms with Crippen LogP contribution in [0.1, 0.15) is 65.8 Å². The first-order valence-corrected chi connectivity index (χ1v) is 36.2. The average Bonchev–Trinajstić information content (AvgIpc) is 1.57. The zero-order valence-electron chi connectivity index (χ0n) is 108. The highest BCUT2D eigenvalue weighted by Crippen LogP contribution is 2.52. The number of fused-ring (bicyclic) bond motifs is 15. The van der Waals surface area contributed by atoms with Gasteiger partial charge < -0.3 is 13.3 Å². The molecule has 21 aromatic carbocycles. The number of hydrogen-bond donors (Lipinski definition) is 0. The van der Waals surface area contributed by atoms with Crippen LogP contribution in [0.15, 0.2) is 449 Å². The van der Waals surface area contributed by atoms with Gasteiger partial charge in [-0.15, -0.1) is 0 Å². The first kappa shape index (κ1) is 35.3. The van der Waals surface area contributed by atoms with Crippen LogP contribution < -0.4 is 0 Å². The van der Waals surface area contributed by atoms with Gasteiger partial charge in [0.15, 0.2) is 0 Å². The molecule has 0 N–H and O–H groups in total. The Hall–Kier alpha value is -15.4. The quantitative estimate of drug-likeness (QED) is 0.135. The van der Waals surface area contributed by atoms with Gasteiger partial charge in [0.05, 0.1) is 65.8 Å². The van der Waals surface area contributed by atoms with Crippen LogP contribution in [0.2, 0.25) is 0 Å². The molecule has 0 saturated carbocycles. The second-order valence-corrected chi connectivity index (χ2v) is 26.6. The first-order chi connectivity index (χ1) is 78.1. The van der Waals surface area contributed by atoms with Crippen molar-refractivity contribution in [3.8, 4) is 100 Å². The molecule has 117 heavy (non-hydrogen) atoms. The molecular weight excluding hydrogens is 1420 g/mol. The summed E-state index contributed by atoms with van der Waals surface area (Å²) in [7, 11) is 0. The van der Waals surface area contributed by atoms with E-state index in [-0.39, 0.29) is 116 Å². The lowest BCUT2D eigenvalue weighted by atomic mass is 9.84. The van der Waals surface area contributed by atoms with E-state index in [9.17, 15) is 6.85 Å². The van der Waals surface area contributed by atoms with Gasteiger partial charge in [0.2, 0.25) is 0 Å². The van der Waals surface area contributed by atoms with Crippen molar-refractivity contribution in [2.45, 2.75) is 0 Å². The van der Waals surface area contributed by atoms with Crippen LogP contribution in [0.4, 0.5) is 0 Å². The predicted octanol–water partition coefficient (Wildman–Crippen LogP) is 32.7. The monoisotopic (exact) mass is 1540 g/mol. The van der Waals surface area contributed by atoms with E-state index in [4.69, 9.17) is 72.2 Å². The molecule has 3 aromatic heterocycles. The van der Waals surface area contributed by atoms with Gasteiger partial charge in [0.25, 0.3) is 0 Å². The summed E-state index contributed by atoms with van der Waals surface area (Å²) in [6.07, 6.45) is 0. The minimum absolute atomic E-state index is 0.00703. The van der Waals surface area contributed by atoms with Gasteiger partial charge in [0.1, 0.15) is 33.5 Å². The van der Waals surface area contributed by atoms with Crippen molar-refractivity contribution in [1.29, 1.82) is 0 Å². The molecule has 0 aliphatic heterocycles. The molecule has 24 aromatic rings. The van der Waals surface area contributed by atoms with E-state index < -0.39 is 312 Å². The van der Waals surface area contributed by atoms with Crippen molar-refractivity contribution in [3.63, 3.8) is 0 Å². The molecule has 0 spiro atoms. The van der Waals surface area contributed by atoms with Crippen LogP contribution in [0, 0.1) is 0 Å². The maximum atomic E-state index is 9.60. The highest BCUT2D eigenvalue weighted by atomic mass is 16.3. The third-order valence-electron chi connectivity index (χ3n) is 20.3. The van der Waals surface area contributed by atoms with E-state index in [1.807, 2.05) is 0 Å². The molecule has 0 aliphatic rings. The maximum absolute atomic E-state index is 9.60. The van der Waals surface area contributed by atoms with Crippen LogP contribution in [0.3, 0.4) is 0 Å². The van der Waals surface area contributed by atoms with Crippen molar-refractivity contribution in [2.75, 3.05) is 0 Å². The maximum Gasteiger partial charge on any atom is 0.136 e. The third kappa shape index (κ3) is 11.8. The zero-order chi connectivity index (χ0) is 119. The molecule has 24 rings (SSSR count). The Balaban J connectivity index is 0.000000137. The van der Waals surface area contributed by atoms with Gasteiger partial charge in [-0.05, 0) is 219 Å². The summed E-state index contributed by atoms with van der Waals surface area (Å²) in [4.78, 5) is 0. The summed E-state index contributed by atoms with van der Waals surface area (Å²) in [5.41, 5.74) is -3.10. The molecule has 0 saturated heterocycles. The summed E-state index contributed by atoms with van der Waals surface area (Å²) in [5, 5.41) is 4.12. The Bertz CT molecular complexity index is 10800. The van der Waals surface area contributed by atoms with E-state index in [0.717, 1.165) is 0 Å². The number of hydrogen-bond acceptors (Lipinski definition) is 3. The Kier molecular flexibility index (Phi) is 8.74. The minimum Gasteiger partial charge on any atom is -0.456 e. The first-order valence-electron chi connectivity index (χ1n) is 60.2. The van der Waals surface area contributed by atoms with Crippen molar-refractivity contribution in [2.24, 2.45) is 0 Å². The molecule has 3 heteroatoms. The van der Waals surface area contributed by atoms with Crippen LogP contribution in [0.25, 0.3) is 231 Å². The molecule has 0 amide bonds. The Morgan fingerprint density at radius 2 is 0.419 bits per heavy atom. The third-order valence-corrected chi connectivity index (χ3v) is 20.3. The number of furan rings is 3. The fraction of sp³-hybridized carbons (Fsp3) is 0. The summed E-state index contributed by atoms with van der Waals surface area (Å²) < 4.78 is 435. The second kappa shape index (κ2) is 29.0. The van der Waals surface area contributed by atoms with Gasteiger partial charge >= 0.3 is 0 Å². The van der Waals surface area contributed by atoms with E-state index >= 15 is 0 Å². The lowest BCUT2D eigenvalue weighted by Crippen LogP contribution is -1.91. The van der Waals surface area contributed by atoms with E-state index in [1.54, 1.807) is 146 Å². The molecule has 3 heterocycles. The largest absolute Gasteiger partial charge is 0.456 e. The van der Waals surface area contributed by atoms with Crippen molar-refractivity contribution in [3.05, 3.63) is 436 Å². The lowest BCUT2D eigenvalue weighted by Gasteiger charge is -2.18. The molecule has 0 bridgehead atoms. The predicted molar refractivity (Wildman–Crippen MR) is 495 cm³/mol. The lowest BCUT2D eigenvalue weighted by molar-refractivity contribution is 0.668. The molecule has 0 unspecified atom stereocenters. The molecule has 546 valence electrons. The smallest absolute Gasteiger partial charge is 0.136 e. The fourth-order valence-corrected chi connectivity index (χ4v) is 15.5. The van der Waals surface area contributed by atoms with Crippen LogP contribution >= 0.6 is 0 Å². The zero-order valence-corrected chi connectivity index (χ0v) is 60.1. The Labute approximate surface area is 743 Å². The highest BCUT2D eigenvalue weighted by Gasteiger charge is 2.25. The molecule has 0 atom stereocenters. The van der Waals surface area contributed by atoms with Crippen LogP contribution in [-0.2, 0) is 0 Å². The van der Waals surface area contributed by atoms with Gasteiger partial charge in [-0.2, -0.15) is 0 Å². The minimum atomic E-state index is -0.714. The summed E-state index contributed by atoms with van der Waals surface area (Å²) in [5.74, 6) is 0. The van der Waals surface area contributed by atoms with Crippen LogP contribution in [0.5, 0.6) is 0 Å². The second-order valence-electron chi connectivity index (χ2n) is 26.6. The average molecular weight is 1540 g/mol. The Morgan fingerprint density at radius 3 is 0.821 bits per heavy atom.